The number of hydrogen-bond acceptors (Lipinski definition) is 5. The van der Waals surface area contributed by atoms with Crippen molar-refractivity contribution in [3.05, 3.63) is 47.1 Å². The molecule has 0 fully saturated rings. The normalized spacial score (nSPS) is 11.4. The first-order valence-corrected chi connectivity index (χ1v) is 9.23. The number of carbonyl (C=O) groups excluding carboxylic acids is 1. The molecule has 0 bridgehead atoms. The minimum absolute atomic E-state index is 0.0270. The third kappa shape index (κ3) is 4.68. The summed E-state index contributed by atoms with van der Waals surface area (Å²) in [6, 6.07) is 6.90. The van der Waals surface area contributed by atoms with Gasteiger partial charge in [-0.1, -0.05) is 11.6 Å². The maximum Gasteiger partial charge on any atom is 0.257 e. The number of carbonyl (C=O) groups is 1. The second-order valence-electron chi connectivity index (χ2n) is 5.43. The highest BCUT2D eigenvalue weighted by Crippen LogP contribution is 2.24. The van der Waals surface area contributed by atoms with Crippen LogP contribution < -0.4 is 14.8 Å². The van der Waals surface area contributed by atoms with Crippen LogP contribution in [0.3, 0.4) is 0 Å². The summed E-state index contributed by atoms with van der Waals surface area (Å²) in [7, 11) is -2.32. The average molecular weight is 384 g/mol. The molecule has 1 aromatic heterocycles. The second-order valence-corrected chi connectivity index (χ2v) is 7.55. The SMILES string of the molecule is COc1ncccc1NC(=O)c1cc(S(=O)(=O)NC(C)C)ccc1Cl. The number of ether oxygens (including phenoxy) is 1. The van der Waals surface area contributed by atoms with Crippen molar-refractivity contribution in [2.45, 2.75) is 24.8 Å². The number of amides is 1. The summed E-state index contributed by atoms with van der Waals surface area (Å²) in [4.78, 5) is 16.4. The second kappa shape index (κ2) is 7.81. The number of sulfonamides is 1. The maximum absolute atomic E-state index is 12.5. The predicted octanol–water partition coefficient (Wildman–Crippen LogP) is 2.68. The van der Waals surface area contributed by atoms with Crippen LogP contribution in [0.5, 0.6) is 5.88 Å². The Kier molecular flexibility index (Phi) is 5.99. The van der Waals surface area contributed by atoms with Gasteiger partial charge in [0.05, 0.1) is 22.6 Å². The molecule has 2 rings (SSSR count). The van der Waals surface area contributed by atoms with Gasteiger partial charge in [0, 0.05) is 12.2 Å². The molecular formula is C16H18ClN3O4S. The van der Waals surface area contributed by atoms with Gasteiger partial charge in [-0.3, -0.25) is 4.79 Å². The van der Waals surface area contributed by atoms with Crippen LogP contribution in [0.2, 0.25) is 5.02 Å². The number of halogens is 1. The van der Waals surface area contributed by atoms with E-state index in [0.717, 1.165) is 0 Å². The number of anilines is 1. The molecule has 1 heterocycles. The van der Waals surface area contributed by atoms with E-state index < -0.39 is 15.9 Å². The van der Waals surface area contributed by atoms with Gasteiger partial charge in [-0.2, -0.15) is 0 Å². The molecule has 134 valence electrons. The van der Waals surface area contributed by atoms with Crippen LogP contribution in [0.1, 0.15) is 24.2 Å². The number of hydrogen-bond donors (Lipinski definition) is 2. The average Bonchev–Trinajstić information content (AvgIpc) is 2.54. The first-order chi connectivity index (χ1) is 11.7. The van der Waals surface area contributed by atoms with Gasteiger partial charge in [0.15, 0.2) is 0 Å². The van der Waals surface area contributed by atoms with E-state index in [2.05, 4.69) is 15.0 Å². The molecule has 9 heteroatoms. The van der Waals surface area contributed by atoms with Crippen LogP contribution in [-0.4, -0.2) is 32.5 Å². The lowest BCUT2D eigenvalue weighted by molar-refractivity contribution is 0.102. The molecule has 0 unspecified atom stereocenters. The van der Waals surface area contributed by atoms with Crippen LogP contribution in [0.25, 0.3) is 0 Å². The summed E-state index contributed by atoms with van der Waals surface area (Å²) in [6.45, 7) is 3.41. The molecule has 0 aliphatic heterocycles. The smallest absolute Gasteiger partial charge is 0.257 e. The Morgan fingerprint density at radius 1 is 1.28 bits per heavy atom. The quantitative estimate of drug-likeness (QED) is 0.799. The summed E-state index contributed by atoms with van der Waals surface area (Å²) < 4.78 is 32.1. The zero-order valence-corrected chi connectivity index (χ0v) is 15.5. The van der Waals surface area contributed by atoms with Crippen molar-refractivity contribution in [2.75, 3.05) is 12.4 Å². The lowest BCUT2D eigenvalue weighted by atomic mass is 10.2. The molecule has 2 N–H and O–H groups in total. The van der Waals surface area contributed by atoms with Crippen molar-refractivity contribution in [2.24, 2.45) is 0 Å². The standard InChI is InChI=1S/C16H18ClN3O4S/c1-10(2)20-25(22,23)11-6-7-13(17)12(9-11)15(21)19-14-5-4-8-18-16(14)24-3/h4-10,20H,1-3H3,(H,19,21). The number of rotatable bonds is 6. The predicted molar refractivity (Wildman–Crippen MR) is 95.7 cm³/mol. The summed E-state index contributed by atoms with van der Waals surface area (Å²) in [5, 5.41) is 2.74. The third-order valence-electron chi connectivity index (χ3n) is 3.10. The molecule has 25 heavy (non-hydrogen) atoms. The fourth-order valence-corrected chi connectivity index (χ4v) is 3.54. The van der Waals surface area contributed by atoms with E-state index in [1.165, 1.54) is 31.5 Å². The van der Waals surface area contributed by atoms with Crippen molar-refractivity contribution in [3.63, 3.8) is 0 Å². The summed E-state index contributed by atoms with van der Waals surface area (Å²) in [6.07, 6.45) is 1.52. The van der Waals surface area contributed by atoms with Gasteiger partial charge in [0.25, 0.3) is 5.91 Å². The van der Waals surface area contributed by atoms with Gasteiger partial charge in [-0.15, -0.1) is 0 Å². The lowest BCUT2D eigenvalue weighted by Crippen LogP contribution is -2.30. The first kappa shape index (κ1) is 19.2. The Balaban J connectivity index is 2.35. The fraction of sp³-hybridized carbons (Fsp3) is 0.250. The Morgan fingerprint density at radius 3 is 2.64 bits per heavy atom. The van der Waals surface area contributed by atoms with E-state index >= 15 is 0 Å². The summed E-state index contributed by atoms with van der Waals surface area (Å²) in [5.41, 5.74) is 0.374. The van der Waals surface area contributed by atoms with E-state index in [-0.39, 0.29) is 27.4 Å². The van der Waals surface area contributed by atoms with Crippen LogP contribution >= 0.6 is 11.6 Å². The maximum atomic E-state index is 12.5. The van der Waals surface area contributed by atoms with Gasteiger partial charge in [0.2, 0.25) is 15.9 Å². The summed E-state index contributed by atoms with van der Waals surface area (Å²) in [5.74, 6) is -0.338. The molecular weight excluding hydrogens is 366 g/mol. The van der Waals surface area contributed by atoms with Crippen LogP contribution in [0.15, 0.2) is 41.4 Å². The van der Waals surface area contributed by atoms with Crippen molar-refractivity contribution in [1.82, 2.24) is 9.71 Å². The highest BCUT2D eigenvalue weighted by atomic mass is 35.5. The van der Waals surface area contributed by atoms with E-state index in [0.29, 0.717) is 5.69 Å². The fourth-order valence-electron chi connectivity index (χ4n) is 2.06. The molecule has 7 nitrogen and oxygen atoms in total. The number of nitrogens with one attached hydrogen (secondary N) is 2. The minimum Gasteiger partial charge on any atom is -0.480 e. The van der Waals surface area contributed by atoms with Crippen molar-refractivity contribution < 1.29 is 17.9 Å². The first-order valence-electron chi connectivity index (χ1n) is 7.37. The number of aromatic nitrogens is 1. The van der Waals surface area contributed by atoms with Crippen molar-refractivity contribution >= 4 is 33.2 Å². The zero-order valence-electron chi connectivity index (χ0n) is 13.9. The van der Waals surface area contributed by atoms with Gasteiger partial charge in [-0.25, -0.2) is 18.1 Å². The molecule has 0 atom stereocenters. The molecule has 0 aliphatic rings. The van der Waals surface area contributed by atoms with E-state index in [1.54, 1.807) is 26.0 Å². The van der Waals surface area contributed by atoms with E-state index in [9.17, 15) is 13.2 Å². The number of benzene rings is 1. The van der Waals surface area contributed by atoms with Gasteiger partial charge in [0.1, 0.15) is 5.69 Å². The Hall–Kier alpha value is -2.16. The molecule has 2 aromatic rings. The largest absolute Gasteiger partial charge is 0.480 e. The van der Waals surface area contributed by atoms with Crippen LogP contribution in [-0.2, 0) is 10.0 Å². The van der Waals surface area contributed by atoms with Gasteiger partial charge in [-0.05, 0) is 44.2 Å². The van der Waals surface area contributed by atoms with E-state index in [4.69, 9.17) is 16.3 Å². The van der Waals surface area contributed by atoms with Gasteiger partial charge >= 0.3 is 0 Å². The third-order valence-corrected chi connectivity index (χ3v) is 5.08. The highest BCUT2D eigenvalue weighted by Gasteiger charge is 2.20. The molecule has 0 saturated carbocycles. The molecule has 0 radical (unpaired) electrons. The monoisotopic (exact) mass is 383 g/mol. The molecule has 1 amide bonds. The zero-order chi connectivity index (χ0) is 18.6. The van der Waals surface area contributed by atoms with E-state index in [1.807, 2.05) is 0 Å². The molecule has 0 aliphatic carbocycles. The Labute approximate surface area is 151 Å². The van der Waals surface area contributed by atoms with Crippen molar-refractivity contribution in [3.8, 4) is 5.88 Å². The summed E-state index contributed by atoms with van der Waals surface area (Å²) >= 11 is 6.06. The van der Waals surface area contributed by atoms with Crippen molar-refractivity contribution in [1.29, 1.82) is 0 Å². The molecule has 1 aromatic carbocycles. The lowest BCUT2D eigenvalue weighted by Gasteiger charge is -2.12. The van der Waals surface area contributed by atoms with Gasteiger partial charge < -0.3 is 10.1 Å². The molecule has 0 spiro atoms. The number of nitrogens with zero attached hydrogens (tertiary/aromatic N) is 1. The Morgan fingerprint density at radius 2 is 2.00 bits per heavy atom. The number of methoxy groups -OCH3 is 1. The molecule has 0 saturated heterocycles. The van der Waals surface area contributed by atoms with Crippen LogP contribution in [0.4, 0.5) is 5.69 Å². The highest BCUT2D eigenvalue weighted by molar-refractivity contribution is 7.89. The van der Waals surface area contributed by atoms with Crippen LogP contribution in [0, 0.1) is 0 Å². The minimum atomic E-state index is -3.74. The number of pyridine rings is 1. The topological polar surface area (TPSA) is 97.4 Å². The Bertz CT molecular complexity index is 885.